The predicted octanol–water partition coefficient (Wildman–Crippen LogP) is -0.257. The summed E-state index contributed by atoms with van der Waals surface area (Å²) in [6.07, 6.45) is 3.85. The van der Waals surface area contributed by atoms with Crippen molar-refractivity contribution in [2.75, 3.05) is 18.0 Å². The second kappa shape index (κ2) is 3.33. The minimum atomic E-state index is 0.283. The maximum absolute atomic E-state index is 5.88. The van der Waals surface area contributed by atoms with Crippen LogP contribution in [0.15, 0.2) is 6.33 Å². The summed E-state index contributed by atoms with van der Waals surface area (Å²) in [6, 6.07) is 0.283. The maximum atomic E-state index is 5.88. The summed E-state index contributed by atoms with van der Waals surface area (Å²) >= 11 is 0. The van der Waals surface area contributed by atoms with E-state index < -0.39 is 0 Å². The molecule has 0 saturated carbocycles. The van der Waals surface area contributed by atoms with Gasteiger partial charge in [-0.05, 0) is 12.8 Å². The lowest BCUT2D eigenvalue weighted by atomic mass is 10.1. The van der Waals surface area contributed by atoms with Gasteiger partial charge in [0.1, 0.15) is 6.33 Å². The number of nitrogens with zero attached hydrogens (tertiary/aromatic N) is 4. The van der Waals surface area contributed by atoms with Crippen molar-refractivity contribution in [3.05, 3.63) is 6.33 Å². The van der Waals surface area contributed by atoms with Crippen LogP contribution in [0.1, 0.15) is 12.8 Å². The minimum Gasteiger partial charge on any atom is -0.339 e. The van der Waals surface area contributed by atoms with Gasteiger partial charge < -0.3 is 10.6 Å². The Balaban J connectivity index is 2.12. The normalized spacial score (nSPS) is 23.5. The Morgan fingerprint density at radius 2 is 2.46 bits per heavy atom. The standard InChI is InChI=1S/C8H15N5/c1-12-8(10-6-11-12)13-4-2-3-7(9)5-13/h6-7H,2-5,9H2,1H3. The van der Waals surface area contributed by atoms with Crippen LogP contribution < -0.4 is 10.6 Å². The summed E-state index contributed by atoms with van der Waals surface area (Å²) in [4.78, 5) is 6.39. The first kappa shape index (κ1) is 8.50. The lowest BCUT2D eigenvalue weighted by Gasteiger charge is -2.30. The van der Waals surface area contributed by atoms with Gasteiger partial charge >= 0.3 is 0 Å². The van der Waals surface area contributed by atoms with E-state index in [9.17, 15) is 0 Å². The number of rotatable bonds is 1. The van der Waals surface area contributed by atoms with E-state index in [1.807, 2.05) is 7.05 Å². The van der Waals surface area contributed by atoms with Crippen molar-refractivity contribution in [3.8, 4) is 0 Å². The zero-order chi connectivity index (χ0) is 9.26. The molecule has 0 radical (unpaired) electrons. The second-order valence-corrected chi connectivity index (χ2v) is 3.53. The fourth-order valence-corrected chi connectivity index (χ4v) is 1.77. The Morgan fingerprint density at radius 3 is 3.08 bits per heavy atom. The first-order valence-corrected chi connectivity index (χ1v) is 4.62. The molecule has 0 amide bonds. The molecule has 1 atom stereocenters. The van der Waals surface area contributed by atoms with Gasteiger partial charge in [-0.15, -0.1) is 0 Å². The topological polar surface area (TPSA) is 60.0 Å². The summed E-state index contributed by atoms with van der Waals surface area (Å²) in [6.45, 7) is 1.94. The average molecular weight is 181 g/mol. The molecular formula is C8H15N5. The minimum absolute atomic E-state index is 0.283. The number of anilines is 1. The van der Waals surface area contributed by atoms with Gasteiger partial charge in [0.05, 0.1) is 0 Å². The number of hydrogen-bond donors (Lipinski definition) is 1. The van der Waals surface area contributed by atoms with Gasteiger partial charge in [0.2, 0.25) is 5.95 Å². The molecule has 1 saturated heterocycles. The van der Waals surface area contributed by atoms with E-state index >= 15 is 0 Å². The fourth-order valence-electron chi connectivity index (χ4n) is 1.77. The highest BCUT2D eigenvalue weighted by molar-refractivity contribution is 5.29. The van der Waals surface area contributed by atoms with E-state index in [2.05, 4.69) is 15.0 Å². The second-order valence-electron chi connectivity index (χ2n) is 3.53. The third-order valence-electron chi connectivity index (χ3n) is 2.43. The molecule has 5 nitrogen and oxygen atoms in total. The highest BCUT2D eigenvalue weighted by Crippen LogP contribution is 2.14. The Labute approximate surface area is 77.5 Å². The quantitative estimate of drug-likeness (QED) is 0.648. The summed E-state index contributed by atoms with van der Waals surface area (Å²) in [5.74, 6) is 0.926. The highest BCUT2D eigenvalue weighted by Gasteiger charge is 2.19. The zero-order valence-corrected chi connectivity index (χ0v) is 7.85. The van der Waals surface area contributed by atoms with Crippen molar-refractivity contribution in [2.24, 2.45) is 12.8 Å². The van der Waals surface area contributed by atoms with Crippen molar-refractivity contribution in [3.63, 3.8) is 0 Å². The molecule has 2 N–H and O–H groups in total. The SMILES string of the molecule is Cn1ncnc1N1CCCC(N)C1. The van der Waals surface area contributed by atoms with Crippen molar-refractivity contribution < 1.29 is 0 Å². The molecule has 5 heteroatoms. The molecule has 1 aliphatic heterocycles. The maximum Gasteiger partial charge on any atom is 0.223 e. The molecule has 1 aliphatic rings. The van der Waals surface area contributed by atoms with Gasteiger partial charge in [-0.2, -0.15) is 10.1 Å². The molecule has 72 valence electrons. The van der Waals surface area contributed by atoms with Crippen molar-refractivity contribution in [2.45, 2.75) is 18.9 Å². The zero-order valence-electron chi connectivity index (χ0n) is 7.85. The molecule has 2 heterocycles. The third kappa shape index (κ3) is 1.65. The summed E-state index contributed by atoms with van der Waals surface area (Å²) in [5.41, 5.74) is 5.88. The van der Waals surface area contributed by atoms with Gasteiger partial charge in [0.25, 0.3) is 0 Å². The van der Waals surface area contributed by atoms with Crippen molar-refractivity contribution >= 4 is 5.95 Å². The first-order chi connectivity index (χ1) is 6.27. The Kier molecular flexibility index (Phi) is 2.18. The Morgan fingerprint density at radius 1 is 1.62 bits per heavy atom. The molecule has 13 heavy (non-hydrogen) atoms. The summed E-state index contributed by atoms with van der Waals surface area (Å²) in [5, 5.41) is 4.04. The number of aryl methyl sites for hydroxylation is 1. The summed E-state index contributed by atoms with van der Waals surface area (Å²) < 4.78 is 1.79. The van der Waals surface area contributed by atoms with Gasteiger partial charge in [0.15, 0.2) is 0 Å². The van der Waals surface area contributed by atoms with Crippen LogP contribution >= 0.6 is 0 Å². The lowest BCUT2D eigenvalue weighted by Crippen LogP contribution is -2.43. The van der Waals surface area contributed by atoms with Crippen LogP contribution in [0.2, 0.25) is 0 Å². The van der Waals surface area contributed by atoms with Gasteiger partial charge in [0, 0.05) is 26.2 Å². The molecule has 1 fully saturated rings. The van der Waals surface area contributed by atoms with Crippen LogP contribution in [-0.2, 0) is 7.05 Å². The summed E-state index contributed by atoms with van der Waals surface area (Å²) in [7, 11) is 1.91. The molecule has 0 spiro atoms. The average Bonchev–Trinajstić information content (AvgIpc) is 2.51. The van der Waals surface area contributed by atoms with Gasteiger partial charge in [-0.1, -0.05) is 0 Å². The van der Waals surface area contributed by atoms with Crippen LogP contribution in [0.3, 0.4) is 0 Å². The van der Waals surface area contributed by atoms with E-state index in [4.69, 9.17) is 5.73 Å². The van der Waals surface area contributed by atoms with Crippen LogP contribution in [-0.4, -0.2) is 33.9 Å². The molecule has 0 bridgehead atoms. The Hall–Kier alpha value is -1.10. The van der Waals surface area contributed by atoms with Crippen LogP contribution in [0.5, 0.6) is 0 Å². The monoisotopic (exact) mass is 181 g/mol. The van der Waals surface area contributed by atoms with E-state index in [0.717, 1.165) is 31.9 Å². The highest BCUT2D eigenvalue weighted by atomic mass is 15.4. The van der Waals surface area contributed by atoms with Crippen molar-refractivity contribution in [1.82, 2.24) is 14.8 Å². The van der Waals surface area contributed by atoms with Gasteiger partial charge in [-0.3, -0.25) is 0 Å². The van der Waals surface area contributed by atoms with E-state index in [1.165, 1.54) is 0 Å². The molecular weight excluding hydrogens is 166 g/mol. The molecule has 1 aromatic rings. The smallest absolute Gasteiger partial charge is 0.223 e. The number of piperidine rings is 1. The molecule has 0 aromatic carbocycles. The van der Waals surface area contributed by atoms with Crippen LogP contribution in [0.25, 0.3) is 0 Å². The largest absolute Gasteiger partial charge is 0.339 e. The lowest BCUT2D eigenvalue weighted by molar-refractivity contribution is 0.494. The number of nitrogens with two attached hydrogens (primary N) is 1. The van der Waals surface area contributed by atoms with Crippen LogP contribution in [0.4, 0.5) is 5.95 Å². The van der Waals surface area contributed by atoms with E-state index in [0.29, 0.717) is 0 Å². The van der Waals surface area contributed by atoms with Crippen LogP contribution in [0, 0.1) is 0 Å². The molecule has 1 unspecified atom stereocenters. The molecule has 1 aromatic heterocycles. The number of hydrogen-bond acceptors (Lipinski definition) is 4. The van der Waals surface area contributed by atoms with E-state index in [1.54, 1.807) is 11.0 Å². The first-order valence-electron chi connectivity index (χ1n) is 4.62. The molecule has 2 rings (SSSR count). The Bertz CT molecular complexity index is 282. The predicted molar refractivity (Wildman–Crippen MR) is 50.4 cm³/mol. The fraction of sp³-hybridized carbons (Fsp3) is 0.750. The third-order valence-corrected chi connectivity index (χ3v) is 2.43. The van der Waals surface area contributed by atoms with Crippen molar-refractivity contribution in [1.29, 1.82) is 0 Å². The van der Waals surface area contributed by atoms with Gasteiger partial charge in [-0.25, -0.2) is 4.68 Å². The molecule has 0 aliphatic carbocycles. The van der Waals surface area contributed by atoms with E-state index in [-0.39, 0.29) is 6.04 Å². The number of aromatic nitrogens is 3.